The first kappa shape index (κ1) is 16.0. The number of nitrogens with zero attached hydrogens (tertiary/aromatic N) is 2. The van der Waals surface area contributed by atoms with Gasteiger partial charge in [0, 0.05) is 25.2 Å². The number of amides is 2. The molecule has 6 nitrogen and oxygen atoms in total. The number of aromatic nitrogens is 2. The normalized spacial score (nSPS) is 11.0. The van der Waals surface area contributed by atoms with Crippen molar-refractivity contribution in [3.63, 3.8) is 0 Å². The van der Waals surface area contributed by atoms with Gasteiger partial charge in [-0.3, -0.25) is 9.13 Å². The van der Waals surface area contributed by atoms with E-state index in [1.807, 2.05) is 48.5 Å². The molecule has 4 rings (SSSR count). The lowest BCUT2D eigenvalue weighted by Gasteiger charge is -2.10. The van der Waals surface area contributed by atoms with Gasteiger partial charge >= 0.3 is 11.7 Å². The van der Waals surface area contributed by atoms with Crippen LogP contribution in [-0.2, 0) is 14.1 Å². The highest BCUT2D eigenvalue weighted by atomic mass is 16.2. The number of urea groups is 1. The number of hydrogen-bond donors (Lipinski definition) is 2. The molecule has 0 aliphatic rings. The Kier molecular flexibility index (Phi) is 3.73. The second-order valence-electron chi connectivity index (χ2n) is 6.21. The Hall–Kier alpha value is -3.54. The molecule has 6 heteroatoms. The molecule has 0 fully saturated rings. The fourth-order valence-electron chi connectivity index (χ4n) is 3.20. The van der Waals surface area contributed by atoms with Gasteiger partial charge in [-0.05, 0) is 29.7 Å². The maximum Gasteiger partial charge on any atom is 0.328 e. The second kappa shape index (κ2) is 6.07. The Morgan fingerprint density at radius 1 is 0.846 bits per heavy atom. The van der Waals surface area contributed by atoms with Crippen molar-refractivity contribution in [2.75, 3.05) is 10.6 Å². The summed E-state index contributed by atoms with van der Waals surface area (Å²) in [5, 5.41) is 7.76. The minimum atomic E-state index is -0.332. The summed E-state index contributed by atoms with van der Waals surface area (Å²) in [5.74, 6) is 0. The van der Waals surface area contributed by atoms with Crippen LogP contribution in [0.3, 0.4) is 0 Å². The number of rotatable bonds is 2. The summed E-state index contributed by atoms with van der Waals surface area (Å²) in [4.78, 5) is 24.4. The minimum Gasteiger partial charge on any atom is -0.308 e. The van der Waals surface area contributed by atoms with E-state index >= 15 is 0 Å². The van der Waals surface area contributed by atoms with Gasteiger partial charge < -0.3 is 10.6 Å². The van der Waals surface area contributed by atoms with Crippen molar-refractivity contribution in [3.05, 3.63) is 71.1 Å². The van der Waals surface area contributed by atoms with E-state index in [0.717, 1.165) is 27.5 Å². The largest absolute Gasteiger partial charge is 0.328 e. The van der Waals surface area contributed by atoms with Gasteiger partial charge in [-0.1, -0.05) is 36.4 Å². The molecule has 0 saturated carbocycles. The van der Waals surface area contributed by atoms with Crippen LogP contribution in [0, 0.1) is 0 Å². The third-order valence-electron chi connectivity index (χ3n) is 4.57. The van der Waals surface area contributed by atoms with Gasteiger partial charge in [-0.15, -0.1) is 0 Å². The molecule has 0 atom stereocenters. The number of imidazole rings is 1. The lowest BCUT2D eigenvalue weighted by Crippen LogP contribution is -2.19. The molecule has 1 aromatic heterocycles. The summed E-state index contributed by atoms with van der Waals surface area (Å²) >= 11 is 0. The fraction of sp³-hybridized carbons (Fsp3) is 0.100. The van der Waals surface area contributed by atoms with Crippen molar-refractivity contribution in [2.24, 2.45) is 14.1 Å². The molecule has 2 amide bonds. The van der Waals surface area contributed by atoms with Gasteiger partial charge in [0.05, 0.1) is 16.7 Å². The lowest BCUT2D eigenvalue weighted by atomic mass is 10.1. The molecule has 4 aromatic rings. The molecule has 0 aliphatic carbocycles. The predicted octanol–water partition coefficient (Wildman–Crippen LogP) is 3.67. The van der Waals surface area contributed by atoms with Gasteiger partial charge in [0.2, 0.25) is 0 Å². The molecular formula is C20H18N4O2. The van der Waals surface area contributed by atoms with E-state index in [9.17, 15) is 9.59 Å². The van der Waals surface area contributed by atoms with Crippen LogP contribution in [0.2, 0.25) is 0 Å². The molecule has 2 N–H and O–H groups in total. The highest BCUT2D eigenvalue weighted by molar-refractivity contribution is 6.06. The molecule has 0 saturated heterocycles. The third kappa shape index (κ3) is 2.61. The van der Waals surface area contributed by atoms with E-state index in [-0.39, 0.29) is 11.7 Å². The Morgan fingerprint density at radius 3 is 2.42 bits per heavy atom. The molecule has 26 heavy (non-hydrogen) atoms. The number of hydrogen-bond acceptors (Lipinski definition) is 2. The van der Waals surface area contributed by atoms with Gasteiger partial charge in [0.25, 0.3) is 0 Å². The average Bonchev–Trinajstić information content (AvgIpc) is 2.86. The van der Waals surface area contributed by atoms with E-state index in [2.05, 4.69) is 10.6 Å². The van der Waals surface area contributed by atoms with Gasteiger partial charge in [-0.25, -0.2) is 9.59 Å². The van der Waals surface area contributed by atoms with Crippen molar-refractivity contribution in [1.82, 2.24) is 9.13 Å². The Balaban J connectivity index is 1.61. The zero-order chi connectivity index (χ0) is 18.3. The number of aryl methyl sites for hydroxylation is 2. The third-order valence-corrected chi connectivity index (χ3v) is 4.57. The number of benzene rings is 3. The first-order chi connectivity index (χ1) is 12.5. The Morgan fingerprint density at radius 2 is 1.58 bits per heavy atom. The first-order valence-electron chi connectivity index (χ1n) is 8.26. The molecule has 130 valence electrons. The summed E-state index contributed by atoms with van der Waals surface area (Å²) in [6.07, 6.45) is 0. The zero-order valence-electron chi connectivity index (χ0n) is 14.5. The van der Waals surface area contributed by atoms with Gasteiger partial charge in [-0.2, -0.15) is 0 Å². The Bertz CT molecular complexity index is 1200. The summed E-state index contributed by atoms with van der Waals surface area (Å²) < 4.78 is 3.14. The zero-order valence-corrected chi connectivity index (χ0v) is 14.5. The number of fused-ring (bicyclic) bond motifs is 2. The number of anilines is 2. The van der Waals surface area contributed by atoms with E-state index in [4.69, 9.17) is 0 Å². The molecule has 3 aromatic carbocycles. The van der Waals surface area contributed by atoms with Crippen molar-refractivity contribution in [3.8, 4) is 0 Å². The van der Waals surface area contributed by atoms with Crippen molar-refractivity contribution < 1.29 is 4.79 Å². The van der Waals surface area contributed by atoms with E-state index < -0.39 is 0 Å². The standard InChI is InChI=1S/C20H18N4O2/c1-23-17-11-10-14(12-18(17)24(2)20(23)26)21-19(25)22-16-9-5-7-13-6-3-4-8-15(13)16/h3-12H,1-2H3,(H2,21,22,25). The van der Waals surface area contributed by atoms with Crippen LogP contribution >= 0.6 is 0 Å². The lowest BCUT2D eigenvalue weighted by molar-refractivity contribution is 0.262. The van der Waals surface area contributed by atoms with Crippen molar-refractivity contribution in [1.29, 1.82) is 0 Å². The second-order valence-corrected chi connectivity index (χ2v) is 6.21. The summed E-state index contributed by atoms with van der Waals surface area (Å²) in [6.45, 7) is 0. The SMILES string of the molecule is Cn1c(=O)n(C)c2cc(NC(=O)Nc3cccc4ccccc34)ccc21. The quantitative estimate of drug-likeness (QED) is 0.581. The summed E-state index contributed by atoms with van der Waals surface area (Å²) in [6, 6.07) is 18.7. The molecule has 0 aliphatic heterocycles. The van der Waals surface area contributed by atoms with Crippen LogP contribution in [0.1, 0.15) is 0 Å². The topological polar surface area (TPSA) is 68.1 Å². The fourth-order valence-corrected chi connectivity index (χ4v) is 3.20. The molecule has 0 unspecified atom stereocenters. The van der Waals surface area contributed by atoms with E-state index in [1.54, 1.807) is 35.4 Å². The molecule has 0 radical (unpaired) electrons. The molecular weight excluding hydrogens is 328 g/mol. The predicted molar refractivity (Wildman–Crippen MR) is 105 cm³/mol. The van der Waals surface area contributed by atoms with Crippen LogP contribution in [-0.4, -0.2) is 15.2 Å². The summed E-state index contributed by atoms with van der Waals surface area (Å²) in [7, 11) is 3.44. The van der Waals surface area contributed by atoms with Crippen LogP contribution < -0.4 is 16.3 Å². The minimum absolute atomic E-state index is 0.0997. The van der Waals surface area contributed by atoms with Crippen LogP contribution in [0.15, 0.2) is 65.5 Å². The van der Waals surface area contributed by atoms with Crippen molar-refractivity contribution >= 4 is 39.2 Å². The summed E-state index contributed by atoms with van der Waals surface area (Å²) in [5.41, 5.74) is 2.85. The smallest absolute Gasteiger partial charge is 0.308 e. The van der Waals surface area contributed by atoms with Crippen molar-refractivity contribution in [2.45, 2.75) is 0 Å². The van der Waals surface area contributed by atoms with E-state index in [0.29, 0.717) is 5.69 Å². The van der Waals surface area contributed by atoms with Crippen LogP contribution in [0.25, 0.3) is 21.8 Å². The van der Waals surface area contributed by atoms with Crippen LogP contribution in [0.5, 0.6) is 0 Å². The maximum atomic E-state index is 12.4. The number of carbonyl (C=O) groups excluding carboxylic acids is 1. The number of carbonyl (C=O) groups is 1. The average molecular weight is 346 g/mol. The molecule has 1 heterocycles. The Labute approximate surface area is 149 Å². The number of nitrogens with one attached hydrogen (secondary N) is 2. The highest BCUT2D eigenvalue weighted by Crippen LogP contribution is 2.23. The molecule has 0 bridgehead atoms. The maximum absolute atomic E-state index is 12.4. The van der Waals surface area contributed by atoms with E-state index in [1.165, 1.54) is 0 Å². The first-order valence-corrected chi connectivity index (χ1v) is 8.26. The van der Waals surface area contributed by atoms with Gasteiger partial charge in [0.15, 0.2) is 0 Å². The van der Waals surface area contributed by atoms with Crippen LogP contribution in [0.4, 0.5) is 16.2 Å². The van der Waals surface area contributed by atoms with Gasteiger partial charge in [0.1, 0.15) is 0 Å². The monoisotopic (exact) mass is 346 g/mol. The highest BCUT2D eigenvalue weighted by Gasteiger charge is 2.10. The molecule has 0 spiro atoms.